The maximum Gasteiger partial charge on any atom is 0.278 e. The van der Waals surface area contributed by atoms with Gasteiger partial charge in [0, 0.05) is 29.5 Å². The molecule has 5 nitrogen and oxygen atoms in total. The third-order valence-corrected chi connectivity index (χ3v) is 5.52. The van der Waals surface area contributed by atoms with Crippen LogP contribution in [0.15, 0.2) is 48.1 Å². The van der Waals surface area contributed by atoms with Gasteiger partial charge in [0.05, 0.1) is 0 Å². The Balaban J connectivity index is 1.69. The minimum atomic E-state index is -0.0333. The van der Waals surface area contributed by atoms with Crippen LogP contribution in [0, 0.1) is 0 Å². The number of carbonyl (C=O) groups excluding carboxylic acids is 1. The van der Waals surface area contributed by atoms with E-state index < -0.39 is 0 Å². The fourth-order valence-electron chi connectivity index (χ4n) is 3.49. The Bertz CT molecular complexity index is 909. The van der Waals surface area contributed by atoms with E-state index in [2.05, 4.69) is 27.9 Å². The number of carbonyl (C=O) groups is 1. The number of hydrogen-bond acceptors (Lipinski definition) is 5. The number of anilines is 1. The first-order chi connectivity index (χ1) is 12.8. The molecule has 2 aromatic heterocycles. The van der Waals surface area contributed by atoms with Crippen LogP contribution in [0.5, 0.6) is 0 Å². The molecular weight excluding hydrogens is 344 g/mol. The summed E-state index contributed by atoms with van der Waals surface area (Å²) in [6.45, 7) is 2.16. The van der Waals surface area contributed by atoms with Crippen molar-refractivity contribution in [2.45, 2.75) is 38.6 Å². The molecule has 6 heteroatoms. The highest BCUT2D eigenvalue weighted by molar-refractivity contribution is 7.13. The maximum atomic E-state index is 13.3. The third-order valence-electron chi connectivity index (χ3n) is 4.68. The molecule has 0 aliphatic carbocycles. The van der Waals surface area contributed by atoms with Crippen molar-refractivity contribution in [2.24, 2.45) is 0 Å². The highest BCUT2D eigenvalue weighted by Crippen LogP contribution is 2.34. The highest BCUT2D eigenvalue weighted by atomic mass is 32.1. The van der Waals surface area contributed by atoms with Gasteiger partial charge in [-0.25, -0.2) is 15.0 Å². The molecular formula is C20H20N4OS. The standard InChI is InChI=1S/C20H20N4OS/c1-2-6-15-10-9-14-7-3-4-8-17(14)24(15)20(25)16-13-26-19(23-16)18-21-11-5-12-22-18/h3-5,7-8,11-13,15H,2,6,9-10H2,1H3/t15-/m0/s1. The number of amides is 1. The van der Waals surface area contributed by atoms with Crippen molar-refractivity contribution in [2.75, 3.05) is 4.90 Å². The minimum Gasteiger partial charge on any atom is -0.304 e. The average Bonchev–Trinajstić information content (AvgIpc) is 3.18. The Morgan fingerprint density at radius 1 is 1.23 bits per heavy atom. The van der Waals surface area contributed by atoms with Gasteiger partial charge in [0.1, 0.15) is 5.69 Å². The van der Waals surface area contributed by atoms with Crippen LogP contribution >= 0.6 is 11.3 Å². The topological polar surface area (TPSA) is 59.0 Å². The molecule has 1 aliphatic rings. The van der Waals surface area contributed by atoms with Gasteiger partial charge >= 0.3 is 0 Å². The Kier molecular flexibility index (Phi) is 4.75. The van der Waals surface area contributed by atoms with E-state index in [0.29, 0.717) is 16.5 Å². The number of fused-ring (bicyclic) bond motifs is 1. The van der Waals surface area contributed by atoms with Crippen molar-refractivity contribution in [1.82, 2.24) is 15.0 Å². The summed E-state index contributed by atoms with van der Waals surface area (Å²) >= 11 is 1.41. The van der Waals surface area contributed by atoms with Crippen LogP contribution in [-0.2, 0) is 6.42 Å². The van der Waals surface area contributed by atoms with Crippen molar-refractivity contribution < 1.29 is 4.79 Å². The molecule has 0 saturated carbocycles. The second-order valence-corrected chi connectivity index (χ2v) is 7.25. The van der Waals surface area contributed by atoms with Crippen LogP contribution in [0.2, 0.25) is 0 Å². The predicted octanol–water partition coefficient (Wildman–Crippen LogP) is 4.36. The zero-order valence-corrected chi connectivity index (χ0v) is 15.4. The first-order valence-corrected chi connectivity index (χ1v) is 9.80. The fraction of sp³-hybridized carbons (Fsp3) is 0.300. The number of benzene rings is 1. The summed E-state index contributed by atoms with van der Waals surface area (Å²) < 4.78 is 0. The lowest BCUT2D eigenvalue weighted by atomic mass is 9.93. The highest BCUT2D eigenvalue weighted by Gasteiger charge is 2.32. The molecule has 0 spiro atoms. The number of aryl methyl sites for hydroxylation is 1. The SMILES string of the molecule is CCC[C@H]1CCc2ccccc2N1C(=O)c1csc(-c2ncccn2)n1. The Morgan fingerprint density at radius 3 is 2.85 bits per heavy atom. The van der Waals surface area contributed by atoms with Crippen molar-refractivity contribution >= 4 is 22.9 Å². The van der Waals surface area contributed by atoms with Crippen molar-refractivity contribution in [1.29, 1.82) is 0 Å². The van der Waals surface area contributed by atoms with Gasteiger partial charge in [-0.2, -0.15) is 0 Å². The molecule has 0 saturated heterocycles. The van der Waals surface area contributed by atoms with Crippen molar-refractivity contribution in [3.05, 3.63) is 59.4 Å². The van der Waals surface area contributed by atoms with Gasteiger partial charge in [0.25, 0.3) is 5.91 Å². The molecule has 1 aliphatic heterocycles. The summed E-state index contributed by atoms with van der Waals surface area (Å²) in [5.74, 6) is 0.523. The first-order valence-electron chi connectivity index (χ1n) is 8.92. The fourth-order valence-corrected chi connectivity index (χ4v) is 4.23. The normalized spacial score (nSPS) is 16.3. The lowest BCUT2D eigenvalue weighted by Gasteiger charge is -2.37. The van der Waals surface area contributed by atoms with Gasteiger partial charge in [-0.15, -0.1) is 11.3 Å². The molecule has 3 heterocycles. The van der Waals surface area contributed by atoms with Crippen LogP contribution in [0.4, 0.5) is 5.69 Å². The molecule has 0 radical (unpaired) electrons. The summed E-state index contributed by atoms with van der Waals surface area (Å²) in [6.07, 6.45) is 7.43. The minimum absolute atomic E-state index is 0.0333. The van der Waals surface area contributed by atoms with Gasteiger partial charge in [-0.3, -0.25) is 4.79 Å². The van der Waals surface area contributed by atoms with E-state index in [0.717, 1.165) is 31.4 Å². The average molecular weight is 364 g/mol. The number of hydrogen-bond donors (Lipinski definition) is 0. The second-order valence-electron chi connectivity index (χ2n) is 6.40. The lowest BCUT2D eigenvalue weighted by Crippen LogP contribution is -2.44. The zero-order valence-electron chi connectivity index (χ0n) is 14.6. The largest absolute Gasteiger partial charge is 0.304 e. The summed E-state index contributed by atoms with van der Waals surface area (Å²) in [6, 6.07) is 10.2. The maximum absolute atomic E-state index is 13.3. The van der Waals surface area contributed by atoms with Gasteiger partial charge in [0.15, 0.2) is 10.8 Å². The van der Waals surface area contributed by atoms with Gasteiger partial charge in [0.2, 0.25) is 0 Å². The van der Waals surface area contributed by atoms with E-state index >= 15 is 0 Å². The summed E-state index contributed by atoms with van der Waals surface area (Å²) in [4.78, 5) is 28.3. The third kappa shape index (κ3) is 3.12. The van der Waals surface area contributed by atoms with Crippen LogP contribution in [-0.4, -0.2) is 26.9 Å². The van der Waals surface area contributed by atoms with Crippen molar-refractivity contribution in [3.8, 4) is 10.8 Å². The van der Waals surface area contributed by atoms with Crippen molar-refractivity contribution in [3.63, 3.8) is 0 Å². The van der Waals surface area contributed by atoms with E-state index in [1.165, 1.54) is 16.9 Å². The lowest BCUT2D eigenvalue weighted by molar-refractivity contribution is 0.0967. The number of thiazole rings is 1. The number of para-hydroxylation sites is 1. The Labute approximate surface area is 156 Å². The van der Waals surface area contributed by atoms with Gasteiger partial charge in [-0.05, 0) is 37.0 Å². The van der Waals surface area contributed by atoms with E-state index in [1.807, 2.05) is 28.5 Å². The molecule has 132 valence electrons. The molecule has 0 bridgehead atoms. The van der Waals surface area contributed by atoms with Crippen LogP contribution < -0.4 is 4.90 Å². The number of nitrogens with zero attached hydrogens (tertiary/aromatic N) is 4. The van der Waals surface area contributed by atoms with Crippen LogP contribution in [0.25, 0.3) is 10.8 Å². The van der Waals surface area contributed by atoms with E-state index in [4.69, 9.17) is 0 Å². The second kappa shape index (κ2) is 7.33. The van der Waals surface area contributed by atoms with E-state index in [9.17, 15) is 4.79 Å². The number of aromatic nitrogens is 3. The Hall–Kier alpha value is -2.60. The molecule has 1 aromatic carbocycles. The van der Waals surface area contributed by atoms with Crippen LogP contribution in [0.3, 0.4) is 0 Å². The summed E-state index contributed by atoms with van der Waals surface area (Å²) in [5, 5.41) is 2.49. The smallest absolute Gasteiger partial charge is 0.278 e. The molecule has 1 atom stereocenters. The first kappa shape index (κ1) is 16.8. The molecule has 0 N–H and O–H groups in total. The zero-order chi connectivity index (χ0) is 17.9. The Morgan fingerprint density at radius 2 is 2.04 bits per heavy atom. The molecule has 26 heavy (non-hydrogen) atoms. The van der Waals surface area contributed by atoms with Crippen LogP contribution in [0.1, 0.15) is 42.2 Å². The van der Waals surface area contributed by atoms with E-state index in [-0.39, 0.29) is 11.9 Å². The van der Waals surface area contributed by atoms with Gasteiger partial charge < -0.3 is 4.90 Å². The molecule has 1 amide bonds. The monoisotopic (exact) mass is 364 g/mol. The quantitative estimate of drug-likeness (QED) is 0.690. The molecule has 0 unspecified atom stereocenters. The molecule has 4 rings (SSSR count). The molecule has 0 fully saturated rings. The predicted molar refractivity (Wildman–Crippen MR) is 103 cm³/mol. The molecule has 3 aromatic rings. The van der Waals surface area contributed by atoms with Gasteiger partial charge in [-0.1, -0.05) is 31.5 Å². The van der Waals surface area contributed by atoms with E-state index in [1.54, 1.807) is 18.5 Å². The summed E-state index contributed by atoms with van der Waals surface area (Å²) in [7, 11) is 0. The number of rotatable bonds is 4. The summed E-state index contributed by atoms with van der Waals surface area (Å²) in [5.41, 5.74) is 2.72.